The van der Waals surface area contributed by atoms with E-state index < -0.39 is 0 Å². The first-order chi connectivity index (χ1) is 11.7. The first-order valence-corrected chi connectivity index (χ1v) is 9.10. The first-order valence-electron chi connectivity index (χ1n) is 8.31. The van der Waals surface area contributed by atoms with E-state index in [9.17, 15) is 4.79 Å². The van der Waals surface area contributed by atoms with Crippen LogP contribution in [0.4, 0.5) is 0 Å². The van der Waals surface area contributed by atoms with Crippen molar-refractivity contribution in [3.05, 3.63) is 58.7 Å². The first kappa shape index (κ1) is 17.0. The molecule has 126 valence electrons. The average molecular weight is 389 g/mol. The van der Waals surface area contributed by atoms with Crippen molar-refractivity contribution in [3.8, 4) is 5.88 Å². The Bertz CT molecular complexity index is 670. The second-order valence-electron chi connectivity index (χ2n) is 5.97. The number of amides is 1. The van der Waals surface area contributed by atoms with Crippen molar-refractivity contribution in [1.29, 1.82) is 0 Å². The largest absolute Gasteiger partial charge is 0.473 e. The lowest BCUT2D eigenvalue weighted by Crippen LogP contribution is -2.42. The molecule has 3 rings (SSSR count). The molecule has 0 aliphatic carbocycles. The number of likely N-dealkylation sites (tertiary alicyclic amines) is 1. The minimum atomic E-state index is 0.120. The summed E-state index contributed by atoms with van der Waals surface area (Å²) >= 11 is 3.45. The maximum atomic E-state index is 12.4. The molecule has 0 spiro atoms. The van der Waals surface area contributed by atoms with Crippen molar-refractivity contribution < 1.29 is 9.53 Å². The number of pyridine rings is 1. The van der Waals surface area contributed by atoms with E-state index in [2.05, 4.69) is 33.0 Å². The third kappa shape index (κ3) is 4.57. The van der Waals surface area contributed by atoms with Crippen LogP contribution in [0.25, 0.3) is 0 Å². The molecule has 1 aromatic carbocycles. The topological polar surface area (TPSA) is 42.4 Å². The number of piperidine rings is 1. The molecule has 1 aliphatic rings. The van der Waals surface area contributed by atoms with Crippen molar-refractivity contribution in [1.82, 2.24) is 9.88 Å². The van der Waals surface area contributed by atoms with E-state index in [1.807, 2.05) is 35.2 Å². The van der Waals surface area contributed by atoms with Gasteiger partial charge in [-0.15, -0.1) is 0 Å². The van der Waals surface area contributed by atoms with Gasteiger partial charge in [-0.2, -0.15) is 0 Å². The summed E-state index contributed by atoms with van der Waals surface area (Å²) < 4.78 is 6.81. The Kier molecular flexibility index (Phi) is 5.86. The summed E-state index contributed by atoms with van der Waals surface area (Å²) in [5, 5.41) is 0. The average Bonchev–Trinajstić information content (AvgIpc) is 2.63. The summed E-state index contributed by atoms with van der Waals surface area (Å²) in [5.41, 5.74) is 1.21. The normalized spacial score (nSPS) is 15.3. The third-order valence-corrected chi connectivity index (χ3v) is 4.87. The molecule has 0 atom stereocenters. The summed E-state index contributed by atoms with van der Waals surface area (Å²) in [7, 11) is 0. The Balaban J connectivity index is 1.44. The van der Waals surface area contributed by atoms with Gasteiger partial charge in [0, 0.05) is 38.5 Å². The van der Waals surface area contributed by atoms with Gasteiger partial charge < -0.3 is 9.64 Å². The summed E-state index contributed by atoms with van der Waals surface area (Å²) in [5.74, 6) is 0.864. The molecule has 1 aliphatic heterocycles. The monoisotopic (exact) mass is 388 g/mol. The zero-order valence-electron chi connectivity index (χ0n) is 13.5. The van der Waals surface area contributed by atoms with Crippen LogP contribution >= 0.6 is 15.9 Å². The van der Waals surface area contributed by atoms with E-state index in [-0.39, 0.29) is 12.0 Å². The Labute approximate surface area is 151 Å². The number of benzene rings is 1. The molecule has 1 amide bonds. The van der Waals surface area contributed by atoms with Gasteiger partial charge in [0.2, 0.25) is 11.8 Å². The van der Waals surface area contributed by atoms with E-state index in [0.717, 1.165) is 36.8 Å². The zero-order valence-corrected chi connectivity index (χ0v) is 15.1. The van der Waals surface area contributed by atoms with Gasteiger partial charge in [-0.05, 0) is 40.0 Å². The van der Waals surface area contributed by atoms with Crippen molar-refractivity contribution in [2.24, 2.45) is 0 Å². The SMILES string of the molecule is O=C(CCc1ccccc1)N1CCC(Oc2ncccc2Br)CC1. The number of aromatic nitrogens is 1. The molecule has 2 heterocycles. The summed E-state index contributed by atoms with van der Waals surface area (Å²) in [4.78, 5) is 18.6. The quantitative estimate of drug-likeness (QED) is 0.780. The highest BCUT2D eigenvalue weighted by molar-refractivity contribution is 9.10. The Hall–Kier alpha value is -1.88. The molecular formula is C19H21BrN2O2. The van der Waals surface area contributed by atoms with Crippen LogP contribution in [0.5, 0.6) is 5.88 Å². The van der Waals surface area contributed by atoms with Gasteiger partial charge in [0.05, 0.1) is 4.47 Å². The van der Waals surface area contributed by atoms with Crippen LogP contribution in [0, 0.1) is 0 Å². The van der Waals surface area contributed by atoms with Gasteiger partial charge in [0.1, 0.15) is 6.10 Å². The second kappa shape index (κ2) is 8.29. The van der Waals surface area contributed by atoms with Gasteiger partial charge in [0.25, 0.3) is 0 Å². The van der Waals surface area contributed by atoms with Crippen LogP contribution < -0.4 is 4.74 Å². The van der Waals surface area contributed by atoms with Gasteiger partial charge in [-0.1, -0.05) is 30.3 Å². The molecule has 0 radical (unpaired) electrons. The van der Waals surface area contributed by atoms with E-state index in [1.165, 1.54) is 5.56 Å². The molecule has 0 saturated carbocycles. The highest BCUT2D eigenvalue weighted by Gasteiger charge is 2.24. The van der Waals surface area contributed by atoms with Crippen molar-refractivity contribution in [2.75, 3.05) is 13.1 Å². The number of halogens is 1. The standard InChI is InChI=1S/C19H21BrN2O2/c20-17-7-4-12-21-19(17)24-16-10-13-22(14-11-16)18(23)9-8-15-5-2-1-3-6-15/h1-7,12,16H,8-11,13-14H2. The number of aryl methyl sites for hydroxylation is 1. The smallest absolute Gasteiger partial charge is 0.228 e. The van der Waals surface area contributed by atoms with Crippen LogP contribution in [0.15, 0.2) is 53.1 Å². The molecule has 0 N–H and O–H groups in total. The van der Waals surface area contributed by atoms with E-state index in [0.29, 0.717) is 12.3 Å². The number of carbonyl (C=O) groups excluding carboxylic acids is 1. The van der Waals surface area contributed by atoms with Gasteiger partial charge in [-0.25, -0.2) is 4.98 Å². The number of hydrogen-bond acceptors (Lipinski definition) is 3. The molecule has 2 aromatic rings. The van der Waals surface area contributed by atoms with Gasteiger partial charge >= 0.3 is 0 Å². The number of rotatable bonds is 5. The maximum Gasteiger partial charge on any atom is 0.228 e. The maximum absolute atomic E-state index is 12.4. The molecule has 1 saturated heterocycles. The zero-order chi connectivity index (χ0) is 16.8. The lowest BCUT2D eigenvalue weighted by atomic mass is 10.1. The number of carbonyl (C=O) groups is 1. The van der Waals surface area contributed by atoms with Crippen molar-refractivity contribution in [3.63, 3.8) is 0 Å². The van der Waals surface area contributed by atoms with Crippen molar-refractivity contribution in [2.45, 2.75) is 31.8 Å². The predicted molar refractivity (Wildman–Crippen MR) is 96.9 cm³/mol. The Morgan fingerprint density at radius 1 is 1.17 bits per heavy atom. The summed E-state index contributed by atoms with van der Waals surface area (Å²) in [6.45, 7) is 1.51. The molecule has 0 bridgehead atoms. The summed E-state index contributed by atoms with van der Waals surface area (Å²) in [6.07, 6.45) is 4.91. The molecule has 1 aromatic heterocycles. The lowest BCUT2D eigenvalue weighted by molar-refractivity contribution is -0.132. The second-order valence-corrected chi connectivity index (χ2v) is 6.83. The molecular weight excluding hydrogens is 368 g/mol. The fourth-order valence-electron chi connectivity index (χ4n) is 2.89. The van der Waals surface area contributed by atoms with Crippen LogP contribution in [-0.2, 0) is 11.2 Å². The number of nitrogens with zero attached hydrogens (tertiary/aromatic N) is 2. The Morgan fingerprint density at radius 2 is 1.92 bits per heavy atom. The van der Waals surface area contributed by atoms with Crippen LogP contribution in [0.1, 0.15) is 24.8 Å². The molecule has 24 heavy (non-hydrogen) atoms. The highest BCUT2D eigenvalue weighted by atomic mass is 79.9. The molecule has 5 heteroatoms. The Morgan fingerprint density at radius 3 is 2.62 bits per heavy atom. The fraction of sp³-hybridized carbons (Fsp3) is 0.368. The van der Waals surface area contributed by atoms with Crippen LogP contribution in [-0.4, -0.2) is 35.0 Å². The highest BCUT2D eigenvalue weighted by Crippen LogP contribution is 2.25. The van der Waals surface area contributed by atoms with Crippen LogP contribution in [0.3, 0.4) is 0 Å². The van der Waals surface area contributed by atoms with Gasteiger partial charge in [-0.3, -0.25) is 4.79 Å². The third-order valence-electron chi connectivity index (χ3n) is 4.27. The van der Waals surface area contributed by atoms with E-state index >= 15 is 0 Å². The minimum Gasteiger partial charge on any atom is -0.473 e. The van der Waals surface area contributed by atoms with E-state index in [4.69, 9.17) is 4.74 Å². The molecule has 4 nitrogen and oxygen atoms in total. The minimum absolute atomic E-state index is 0.120. The number of hydrogen-bond donors (Lipinski definition) is 0. The van der Waals surface area contributed by atoms with Crippen LogP contribution in [0.2, 0.25) is 0 Å². The van der Waals surface area contributed by atoms with Gasteiger partial charge in [0.15, 0.2) is 0 Å². The molecule has 0 unspecified atom stereocenters. The number of ether oxygens (including phenoxy) is 1. The van der Waals surface area contributed by atoms with E-state index in [1.54, 1.807) is 6.20 Å². The van der Waals surface area contributed by atoms with Crippen molar-refractivity contribution >= 4 is 21.8 Å². The lowest BCUT2D eigenvalue weighted by Gasteiger charge is -2.32. The predicted octanol–water partition coefficient (Wildman–Crippen LogP) is 3.85. The molecule has 1 fully saturated rings. The summed E-state index contributed by atoms with van der Waals surface area (Å²) in [6, 6.07) is 13.9. The fourth-order valence-corrected chi connectivity index (χ4v) is 3.24.